The van der Waals surface area contributed by atoms with Gasteiger partial charge in [-0.25, -0.2) is 0 Å². The molecule has 1 aliphatic heterocycles. The van der Waals surface area contributed by atoms with E-state index >= 15 is 0 Å². The smallest absolute Gasteiger partial charge is 0.261 e. The number of thiophene rings is 1. The van der Waals surface area contributed by atoms with Gasteiger partial charge < -0.3 is 25.8 Å². The number of nitriles is 1. The molecule has 2 atom stereocenters. The van der Waals surface area contributed by atoms with Crippen LogP contribution in [-0.4, -0.2) is 45.4 Å². The Morgan fingerprint density at radius 3 is 2.35 bits per heavy atom. The van der Waals surface area contributed by atoms with Crippen molar-refractivity contribution in [3.8, 4) is 6.07 Å². The third-order valence-electron chi connectivity index (χ3n) is 3.37. The Morgan fingerprint density at radius 1 is 1.40 bits per heavy atom. The van der Waals surface area contributed by atoms with Crippen molar-refractivity contribution in [2.45, 2.75) is 12.2 Å². The summed E-state index contributed by atoms with van der Waals surface area (Å²) in [6.45, 7) is 1.14. The molecule has 0 saturated carbocycles. The van der Waals surface area contributed by atoms with Gasteiger partial charge in [-0.1, -0.05) is 0 Å². The van der Waals surface area contributed by atoms with Crippen LogP contribution >= 0.6 is 11.3 Å². The molecule has 8 heteroatoms. The third-order valence-corrected chi connectivity index (χ3v) is 4.65. The molecule has 1 saturated heterocycles. The predicted octanol–water partition coefficient (Wildman–Crippen LogP) is 0.151. The van der Waals surface area contributed by atoms with Crippen LogP contribution in [0.3, 0.4) is 0 Å². The van der Waals surface area contributed by atoms with E-state index in [1.165, 1.54) is 0 Å². The van der Waals surface area contributed by atoms with Gasteiger partial charge in [-0.15, -0.1) is 11.3 Å². The van der Waals surface area contributed by atoms with Crippen molar-refractivity contribution >= 4 is 27.9 Å². The minimum absolute atomic E-state index is 0.0908. The quantitative estimate of drug-likeness (QED) is 0.817. The van der Waals surface area contributed by atoms with E-state index in [4.69, 9.17) is 20.9 Å². The van der Waals surface area contributed by atoms with Gasteiger partial charge in [-0.05, 0) is 0 Å². The molecule has 2 heterocycles. The van der Waals surface area contributed by atoms with Crippen molar-refractivity contribution in [3.63, 3.8) is 0 Å². The Bertz CT molecular complexity index is 554. The van der Waals surface area contributed by atoms with Gasteiger partial charge in [0.25, 0.3) is 5.91 Å². The van der Waals surface area contributed by atoms with Crippen LogP contribution in [0.4, 0.5) is 10.7 Å². The molecule has 4 N–H and O–H groups in total. The number of nitrogens with two attached hydrogens (primary N) is 2. The van der Waals surface area contributed by atoms with E-state index < -0.39 is 5.91 Å². The van der Waals surface area contributed by atoms with E-state index in [9.17, 15) is 10.1 Å². The first-order valence-corrected chi connectivity index (χ1v) is 6.77. The summed E-state index contributed by atoms with van der Waals surface area (Å²) in [7, 11) is 3.23. The standard InChI is InChI=1S/C12H16N4O3S/c1-18-7-4-16(5-8(7)19-2)12-6(3-13)9(14)10(20-12)11(15)17/h7-8H,4-5,14H2,1-2H3,(H2,15,17). The van der Waals surface area contributed by atoms with Gasteiger partial charge in [-0.3, -0.25) is 4.79 Å². The first-order valence-electron chi connectivity index (χ1n) is 5.96. The zero-order valence-electron chi connectivity index (χ0n) is 11.3. The summed E-state index contributed by atoms with van der Waals surface area (Å²) in [5.74, 6) is -0.624. The lowest BCUT2D eigenvalue weighted by Crippen LogP contribution is -2.27. The number of hydrogen-bond acceptors (Lipinski definition) is 7. The zero-order valence-corrected chi connectivity index (χ0v) is 12.1. The van der Waals surface area contributed by atoms with Gasteiger partial charge in [0.05, 0.1) is 5.69 Å². The Labute approximate surface area is 120 Å². The molecule has 108 valence electrons. The van der Waals surface area contributed by atoms with Crippen LogP contribution in [0.1, 0.15) is 15.2 Å². The molecule has 1 fully saturated rings. The SMILES string of the molecule is COC1CN(c2sc(C(N)=O)c(N)c2C#N)CC1OC. The van der Waals surface area contributed by atoms with Gasteiger partial charge in [0, 0.05) is 27.3 Å². The molecule has 0 aromatic carbocycles. The number of ether oxygens (including phenoxy) is 2. The van der Waals surface area contributed by atoms with Gasteiger partial charge >= 0.3 is 0 Å². The van der Waals surface area contributed by atoms with Crippen LogP contribution in [0, 0.1) is 11.3 Å². The summed E-state index contributed by atoms with van der Waals surface area (Å²) in [6.07, 6.45) is -0.182. The van der Waals surface area contributed by atoms with E-state index in [0.717, 1.165) is 11.3 Å². The maximum absolute atomic E-state index is 11.3. The summed E-state index contributed by atoms with van der Waals surface area (Å²) in [5.41, 5.74) is 11.5. The zero-order chi connectivity index (χ0) is 14.9. The van der Waals surface area contributed by atoms with Crippen molar-refractivity contribution in [3.05, 3.63) is 10.4 Å². The maximum atomic E-state index is 11.3. The molecule has 1 aromatic rings. The number of nitrogens with zero attached hydrogens (tertiary/aromatic N) is 2. The molecule has 1 amide bonds. The Balaban J connectivity index is 2.37. The van der Waals surface area contributed by atoms with Crippen molar-refractivity contribution < 1.29 is 14.3 Å². The number of primary amides is 1. The molecule has 0 radical (unpaired) electrons. The Morgan fingerprint density at radius 2 is 1.95 bits per heavy atom. The van der Waals surface area contributed by atoms with E-state index in [1.807, 2.05) is 11.0 Å². The third kappa shape index (κ3) is 2.31. The normalized spacial score (nSPS) is 21.9. The number of nitrogen functional groups attached to an aromatic ring is 1. The molecule has 1 aliphatic rings. The fraction of sp³-hybridized carbons (Fsp3) is 0.500. The van der Waals surface area contributed by atoms with E-state index in [2.05, 4.69) is 0 Å². The van der Waals surface area contributed by atoms with E-state index in [-0.39, 0.29) is 28.3 Å². The molecular weight excluding hydrogens is 280 g/mol. The highest BCUT2D eigenvalue weighted by atomic mass is 32.1. The molecule has 20 heavy (non-hydrogen) atoms. The van der Waals surface area contributed by atoms with E-state index in [1.54, 1.807) is 14.2 Å². The molecule has 1 aromatic heterocycles. The number of methoxy groups -OCH3 is 2. The number of carbonyl (C=O) groups excluding carboxylic acids is 1. The number of rotatable bonds is 4. The number of hydrogen-bond donors (Lipinski definition) is 2. The predicted molar refractivity (Wildman–Crippen MR) is 75.8 cm³/mol. The molecule has 7 nitrogen and oxygen atoms in total. The first kappa shape index (κ1) is 14.6. The maximum Gasteiger partial charge on any atom is 0.261 e. The van der Waals surface area contributed by atoms with Crippen LogP contribution in [0.25, 0.3) is 0 Å². The highest BCUT2D eigenvalue weighted by molar-refractivity contribution is 7.19. The van der Waals surface area contributed by atoms with Gasteiger partial charge in [-0.2, -0.15) is 5.26 Å². The Hall–Kier alpha value is -1.82. The highest BCUT2D eigenvalue weighted by Crippen LogP contribution is 2.39. The van der Waals surface area contributed by atoms with Crippen LogP contribution in [0.5, 0.6) is 0 Å². The van der Waals surface area contributed by atoms with Crippen LogP contribution in [0.15, 0.2) is 0 Å². The number of anilines is 2. The summed E-state index contributed by atoms with van der Waals surface area (Å²) >= 11 is 1.13. The summed E-state index contributed by atoms with van der Waals surface area (Å²) in [4.78, 5) is 13.5. The van der Waals surface area contributed by atoms with Crippen molar-refractivity contribution in [2.75, 3.05) is 37.9 Å². The second-order valence-corrected chi connectivity index (χ2v) is 5.45. The minimum atomic E-state index is -0.624. The van der Waals surface area contributed by atoms with Crippen molar-refractivity contribution in [2.24, 2.45) is 5.73 Å². The van der Waals surface area contributed by atoms with Gasteiger partial charge in [0.1, 0.15) is 33.7 Å². The monoisotopic (exact) mass is 296 g/mol. The molecule has 0 spiro atoms. The lowest BCUT2D eigenvalue weighted by Gasteiger charge is -2.15. The molecular formula is C12H16N4O3S. The average molecular weight is 296 g/mol. The summed E-state index contributed by atoms with van der Waals surface area (Å²) in [5, 5.41) is 9.88. The Kier molecular flexibility index (Phi) is 4.13. The van der Waals surface area contributed by atoms with Crippen LogP contribution in [-0.2, 0) is 9.47 Å². The van der Waals surface area contributed by atoms with Crippen LogP contribution in [0.2, 0.25) is 0 Å². The van der Waals surface area contributed by atoms with Crippen molar-refractivity contribution in [1.82, 2.24) is 0 Å². The lowest BCUT2D eigenvalue weighted by molar-refractivity contribution is -0.00461. The molecule has 0 bridgehead atoms. The van der Waals surface area contributed by atoms with Crippen molar-refractivity contribution in [1.29, 1.82) is 5.26 Å². The first-order chi connectivity index (χ1) is 9.53. The van der Waals surface area contributed by atoms with Gasteiger partial charge in [0.2, 0.25) is 0 Å². The topological polar surface area (TPSA) is 115 Å². The average Bonchev–Trinajstić information content (AvgIpc) is 2.98. The highest BCUT2D eigenvalue weighted by Gasteiger charge is 2.36. The second kappa shape index (κ2) is 5.66. The fourth-order valence-corrected chi connectivity index (χ4v) is 3.35. The second-order valence-electron chi connectivity index (χ2n) is 4.45. The number of carbonyl (C=O) groups is 1. The fourth-order valence-electron chi connectivity index (χ4n) is 2.31. The summed E-state index contributed by atoms with van der Waals surface area (Å²) in [6, 6.07) is 2.04. The minimum Gasteiger partial charge on any atom is -0.396 e. The van der Waals surface area contributed by atoms with E-state index in [0.29, 0.717) is 18.1 Å². The molecule has 2 rings (SSSR count). The summed E-state index contributed by atoms with van der Waals surface area (Å²) < 4.78 is 10.7. The molecule has 2 unspecified atom stereocenters. The van der Waals surface area contributed by atoms with Crippen LogP contribution < -0.4 is 16.4 Å². The number of amides is 1. The largest absolute Gasteiger partial charge is 0.396 e. The van der Waals surface area contributed by atoms with Gasteiger partial charge in [0.15, 0.2) is 0 Å². The lowest BCUT2D eigenvalue weighted by atomic mass is 10.2. The molecule has 0 aliphatic carbocycles.